The van der Waals surface area contributed by atoms with Crippen LogP contribution >= 0.6 is 11.6 Å². The van der Waals surface area contributed by atoms with Crippen LogP contribution in [0.5, 0.6) is 0 Å². The number of aromatic nitrogens is 3. The van der Waals surface area contributed by atoms with E-state index in [1.54, 1.807) is 43.3 Å². The maximum atomic E-state index is 13.0. The van der Waals surface area contributed by atoms with Crippen molar-refractivity contribution >= 4 is 38.3 Å². The van der Waals surface area contributed by atoms with Crippen molar-refractivity contribution in [3.8, 4) is 0 Å². The molecule has 0 bridgehead atoms. The molecule has 0 unspecified atom stereocenters. The van der Waals surface area contributed by atoms with Crippen molar-refractivity contribution < 1.29 is 12.9 Å². The number of pyridine rings is 1. The van der Waals surface area contributed by atoms with Crippen LogP contribution in [-0.2, 0) is 21.9 Å². The van der Waals surface area contributed by atoms with Gasteiger partial charge in [0, 0.05) is 34.8 Å². The Bertz CT molecular complexity index is 1450. The van der Waals surface area contributed by atoms with Crippen molar-refractivity contribution in [2.75, 3.05) is 11.9 Å². The maximum Gasteiger partial charge on any atom is 0.241 e. The molecule has 0 aliphatic rings. The molecule has 2 aromatic heterocycles. The molecule has 2 N–H and O–H groups in total. The van der Waals surface area contributed by atoms with Gasteiger partial charge in [-0.25, -0.2) is 18.1 Å². The van der Waals surface area contributed by atoms with Crippen LogP contribution in [0.25, 0.3) is 10.9 Å². The van der Waals surface area contributed by atoms with Crippen molar-refractivity contribution in [1.29, 1.82) is 0 Å². The minimum absolute atomic E-state index is 0.174. The van der Waals surface area contributed by atoms with Crippen molar-refractivity contribution in [1.82, 2.24) is 19.8 Å². The molecule has 35 heavy (non-hydrogen) atoms. The summed E-state index contributed by atoms with van der Waals surface area (Å²) in [5.41, 5.74) is 1.29. The second kappa shape index (κ2) is 9.93. The molecule has 0 radical (unpaired) electrons. The van der Waals surface area contributed by atoms with Gasteiger partial charge in [-0.3, -0.25) is 0 Å². The van der Waals surface area contributed by atoms with Crippen LogP contribution in [0, 0.1) is 0 Å². The van der Waals surface area contributed by atoms with Gasteiger partial charge in [-0.15, -0.1) is 0 Å². The molecular weight excluding hydrogens is 486 g/mol. The number of halogens is 1. The molecule has 0 amide bonds. The van der Waals surface area contributed by atoms with E-state index in [1.807, 2.05) is 39.0 Å². The van der Waals surface area contributed by atoms with Crippen molar-refractivity contribution in [3.63, 3.8) is 0 Å². The molecule has 8 nitrogen and oxygen atoms in total. The van der Waals surface area contributed by atoms with Crippen LogP contribution < -0.4 is 10.0 Å². The van der Waals surface area contributed by atoms with E-state index in [0.717, 1.165) is 10.9 Å². The largest absolute Gasteiger partial charge is 0.370 e. The van der Waals surface area contributed by atoms with Crippen molar-refractivity contribution in [3.05, 3.63) is 76.9 Å². The Balaban J connectivity index is 1.42. The van der Waals surface area contributed by atoms with E-state index in [0.29, 0.717) is 41.0 Å². The lowest BCUT2D eigenvalue weighted by Crippen LogP contribution is -2.26. The molecule has 10 heteroatoms. The molecule has 0 saturated heterocycles. The number of anilines is 1. The minimum Gasteiger partial charge on any atom is -0.370 e. The first-order chi connectivity index (χ1) is 16.5. The van der Waals surface area contributed by atoms with E-state index in [1.165, 1.54) is 0 Å². The second-order valence-corrected chi connectivity index (χ2v) is 11.5. The van der Waals surface area contributed by atoms with Gasteiger partial charge in [-0.05, 0) is 55.0 Å². The normalized spacial score (nSPS) is 13.2. The molecule has 0 aliphatic heterocycles. The fraction of sp³-hybridized carbons (Fsp3) is 0.320. The van der Waals surface area contributed by atoms with Crippen LogP contribution in [-0.4, -0.2) is 30.1 Å². The zero-order valence-electron chi connectivity index (χ0n) is 20.0. The summed E-state index contributed by atoms with van der Waals surface area (Å²) in [6.07, 6.45) is 0.590. The Morgan fingerprint density at radius 3 is 2.57 bits per heavy atom. The smallest absolute Gasteiger partial charge is 0.241 e. The Hall–Kier alpha value is -3.01. The minimum atomic E-state index is -3.73. The topological polar surface area (TPSA) is 110 Å². The van der Waals surface area contributed by atoms with Gasteiger partial charge in [0.2, 0.25) is 15.9 Å². The van der Waals surface area contributed by atoms with Crippen LogP contribution in [0.4, 0.5) is 5.82 Å². The van der Waals surface area contributed by atoms with Gasteiger partial charge >= 0.3 is 0 Å². The summed E-state index contributed by atoms with van der Waals surface area (Å²) in [7, 11) is -3.73. The Labute approximate surface area is 210 Å². The molecule has 0 spiro atoms. The lowest BCUT2D eigenvalue weighted by atomic mass is 9.97. The highest BCUT2D eigenvalue weighted by molar-refractivity contribution is 7.89. The third kappa shape index (κ3) is 6.17. The van der Waals surface area contributed by atoms with E-state index in [4.69, 9.17) is 16.1 Å². The number of rotatable bonds is 8. The molecular formula is C25H28ClN5O3S. The predicted molar refractivity (Wildman–Crippen MR) is 137 cm³/mol. The molecule has 4 aromatic rings. The summed E-state index contributed by atoms with van der Waals surface area (Å²) < 4.78 is 33.9. The number of nitrogens with one attached hydrogen (secondary N) is 2. The first-order valence-electron chi connectivity index (χ1n) is 11.3. The molecule has 2 aromatic carbocycles. The van der Waals surface area contributed by atoms with E-state index in [9.17, 15) is 8.42 Å². The van der Waals surface area contributed by atoms with E-state index < -0.39 is 16.1 Å². The fourth-order valence-corrected chi connectivity index (χ4v) is 4.94. The van der Waals surface area contributed by atoms with Crippen LogP contribution in [0.1, 0.15) is 51.0 Å². The highest BCUT2D eigenvalue weighted by Gasteiger charge is 2.22. The van der Waals surface area contributed by atoms with Crippen LogP contribution in [0.15, 0.2) is 64.0 Å². The first kappa shape index (κ1) is 25.1. The Morgan fingerprint density at radius 2 is 1.86 bits per heavy atom. The summed E-state index contributed by atoms with van der Waals surface area (Å²) in [5.74, 6) is 1.93. The van der Waals surface area contributed by atoms with Crippen molar-refractivity contribution in [2.45, 2.75) is 50.5 Å². The first-order valence-corrected chi connectivity index (χ1v) is 13.1. The van der Waals surface area contributed by atoms with E-state index in [2.05, 4.69) is 25.2 Å². The lowest BCUT2D eigenvalue weighted by Gasteiger charge is -2.15. The number of benzene rings is 2. The van der Waals surface area contributed by atoms with Crippen molar-refractivity contribution in [2.24, 2.45) is 0 Å². The van der Waals surface area contributed by atoms with Gasteiger partial charge in [0.05, 0.1) is 10.4 Å². The number of hydrogen-bond donors (Lipinski definition) is 2. The summed E-state index contributed by atoms with van der Waals surface area (Å²) in [4.78, 5) is 9.19. The summed E-state index contributed by atoms with van der Waals surface area (Å²) in [6, 6.07) is 15.2. The SMILES string of the molecule is C[C@@H](NS(=O)(=O)c1ccc2nc(NCCc3noc(C(C)(C)C)n3)ccc2c1)c1cccc(Cl)c1. The number of sulfonamides is 1. The zero-order chi connectivity index (χ0) is 25.2. The average molecular weight is 514 g/mol. The van der Waals surface area contributed by atoms with Gasteiger partial charge in [-0.2, -0.15) is 4.98 Å². The quantitative estimate of drug-likeness (QED) is 0.330. The summed E-state index contributed by atoms with van der Waals surface area (Å²) in [6.45, 7) is 8.43. The molecule has 184 valence electrons. The number of hydrogen-bond acceptors (Lipinski definition) is 7. The van der Waals surface area contributed by atoms with E-state index in [-0.39, 0.29) is 10.3 Å². The average Bonchev–Trinajstić information content (AvgIpc) is 3.28. The monoisotopic (exact) mass is 513 g/mol. The summed E-state index contributed by atoms with van der Waals surface area (Å²) in [5, 5.41) is 8.56. The van der Waals surface area contributed by atoms with Gasteiger partial charge in [0.25, 0.3) is 0 Å². The van der Waals surface area contributed by atoms with Gasteiger partial charge in [0.15, 0.2) is 5.82 Å². The molecule has 4 rings (SSSR count). The molecule has 1 atom stereocenters. The van der Waals surface area contributed by atoms with Crippen LogP contribution in [0.2, 0.25) is 5.02 Å². The summed E-state index contributed by atoms with van der Waals surface area (Å²) >= 11 is 6.04. The molecule has 2 heterocycles. The lowest BCUT2D eigenvalue weighted by molar-refractivity contribution is 0.318. The third-order valence-electron chi connectivity index (χ3n) is 5.42. The Kier molecular flexibility index (Phi) is 7.12. The fourth-order valence-electron chi connectivity index (χ4n) is 3.48. The Morgan fingerprint density at radius 1 is 1.06 bits per heavy atom. The van der Waals surface area contributed by atoms with Gasteiger partial charge in [-0.1, -0.05) is 49.7 Å². The van der Waals surface area contributed by atoms with Crippen LogP contribution in [0.3, 0.4) is 0 Å². The standard InChI is InChI=1S/C25H28ClN5O3S/c1-16(17-6-5-7-19(26)14-17)31-35(32,33)20-9-10-21-18(15-20)8-11-22(28-21)27-13-12-23-29-24(34-30-23)25(2,3)4/h5-11,14-16,31H,12-13H2,1-4H3,(H,27,28)/t16-/m1/s1. The molecule has 0 saturated carbocycles. The highest BCUT2D eigenvalue weighted by Crippen LogP contribution is 2.23. The maximum absolute atomic E-state index is 13.0. The molecule has 0 aliphatic carbocycles. The predicted octanol–water partition coefficient (Wildman–Crippen LogP) is 5.26. The molecule has 0 fully saturated rings. The zero-order valence-corrected chi connectivity index (χ0v) is 21.6. The van der Waals surface area contributed by atoms with E-state index >= 15 is 0 Å². The highest BCUT2D eigenvalue weighted by atomic mass is 35.5. The second-order valence-electron chi connectivity index (χ2n) is 9.39. The van der Waals surface area contributed by atoms with Gasteiger partial charge < -0.3 is 9.84 Å². The number of fused-ring (bicyclic) bond motifs is 1. The third-order valence-corrected chi connectivity index (χ3v) is 7.19. The van der Waals surface area contributed by atoms with Gasteiger partial charge in [0.1, 0.15) is 5.82 Å². The number of nitrogens with zero attached hydrogens (tertiary/aromatic N) is 3.